The lowest BCUT2D eigenvalue weighted by molar-refractivity contribution is -0.168. The van der Waals surface area contributed by atoms with Gasteiger partial charge in [0.15, 0.2) is 0 Å². The number of amides is 1. The molecule has 1 amide bonds. The van der Waals surface area contributed by atoms with Gasteiger partial charge in [0.2, 0.25) is 0 Å². The number of ether oxygens (including phenoxy) is 2. The first-order valence-corrected chi connectivity index (χ1v) is 13.4. The van der Waals surface area contributed by atoms with Gasteiger partial charge in [0.05, 0.1) is 13.2 Å². The number of hydrogen-bond donors (Lipinski definition) is 0. The number of hydrogen-bond acceptors (Lipinski definition) is 5. The summed E-state index contributed by atoms with van der Waals surface area (Å²) in [6.45, 7) is 16.2. The molecule has 1 aromatic heterocycles. The Morgan fingerprint density at radius 2 is 1.83 bits per heavy atom. The molecule has 1 aliphatic heterocycles. The number of likely N-dealkylation sites (tertiary alicyclic amines) is 1. The van der Waals surface area contributed by atoms with Crippen molar-refractivity contribution in [1.29, 1.82) is 0 Å². The minimum atomic E-state index is -1.02. The molecule has 1 fully saturated rings. The van der Waals surface area contributed by atoms with E-state index < -0.39 is 11.1 Å². The summed E-state index contributed by atoms with van der Waals surface area (Å²) in [6.07, 6.45) is 1.84. The normalized spacial score (nSPS) is 20.9. The van der Waals surface area contributed by atoms with Gasteiger partial charge in [-0.1, -0.05) is 46.8 Å². The number of carbonyl (C=O) groups is 2. The van der Waals surface area contributed by atoms with Crippen LogP contribution in [0.15, 0.2) is 35.7 Å². The number of thiophene rings is 1. The molecule has 2 aromatic rings. The molecule has 1 aromatic carbocycles. The largest absolute Gasteiger partial charge is 0.496 e. The van der Waals surface area contributed by atoms with Crippen LogP contribution in [0.1, 0.15) is 101 Å². The van der Waals surface area contributed by atoms with Gasteiger partial charge in [-0.3, -0.25) is 4.79 Å². The molecule has 0 aliphatic carbocycles. The SMILES string of the molecule is COc1cc(C(=O)N2[C@@H](c3cccs3)CC[C@@]2(CC(C)C)C(=O)OC(C)(C)C)ccc1C(C)(C)C. The van der Waals surface area contributed by atoms with Gasteiger partial charge in [-0.05, 0) is 80.5 Å². The summed E-state index contributed by atoms with van der Waals surface area (Å²) in [4.78, 5) is 31.1. The highest BCUT2D eigenvalue weighted by molar-refractivity contribution is 7.10. The van der Waals surface area contributed by atoms with Crippen molar-refractivity contribution < 1.29 is 19.1 Å². The summed E-state index contributed by atoms with van der Waals surface area (Å²) in [6, 6.07) is 9.54. The molecule has 0 unspecified atom stereocenters. The molecule has 2 atom stereocenters. The maximum atomic E-state index is 14.3. The highest BCUT2D eigenvalue weighted by Crippen LogP contribution is 2.49. The van der Waals surface area contributed by atoms with Gasteiger partial charge < -0.3 is 14.4 Å². The fourth-order valence-corrected chi connectivity index (χ4v) is 5.98. The Bertz CT molecular complexity index is 1050. The molecule has 3 rings (SSSR count). The van der Waals surface area contributed by atoms with Crippen molar-refractivity contribution in [3.05, 3.63) is 51.7 Å². The second-order valence-electron chi connectivity index (χ2n) is 12.0. The van der Waals surface area contributed by atoms with E-state index in [9.17, 15) is 9.59 Å². The predicted octanol–water partition coefficient (Wildman–Crippen LogP) is 7.16. The second-order valence-corrected chi connectivity index (χ2v) is 13.0. The molecule has 6 heteroatoms. The molecule has 2 heterocycles. The fraction of sp³-hybridized carbons (Fsp3) is 0.586. The number of benzene rings is 1. The standard InChI is InChI=1S/C29H41NO4S/c1-19(2)18-29(26(32)34-28(6,7)8)15-14-22(24-11-10-16-35-24)30(29)25(31)20-12-13-21(27(3,4)5)23(17-20)33-9/h10-13,16-17,19,22H,14-15,18H2,1-9H3/t22-,29-/m1/s1. The first kappa shape index (κ1) is 27.3. The number of rotatable bonds is 6. The maximum Gasteiger partial charge on any atom is 0.332 e. The van der Waals surface area contributed by atoms with Crippen molar-refractivity contribution in [2.45, 2.75) is 97.2 Å². The van der Waals surface area contributed by atoms with Gasteiger partial charge in [0.25, 0.3) is 5.91 Å². The zero-order valence-corrected chi connectivity index (χ0v) is 23.5. The van der Waals surface area contributed by atoms with E-state index in [4.69, 9.17) is 9.47 Å². The molecule has 1 saturated heterocycles. The van der Waals surface area contributed by atoms with E-state index in [2.05, 4.69) is 40.7 Å². The minimum absolute atomic E-state index is 0.127. The topological polar surface area (TPSA) is 55.8 Å². The molecule has 35 heavy (non-hydrogen) atoms. The minimum Gasteiger partial charge on any atom is -0.496 e. The van der Waals surface area contributed by atoms with E-state index in [1.54, 1.807) is 18.4 Å². The van der Waals surface area contributed by atoms with Crippen molar-refractivity contribution in [3.63, 3.8) is 0 Å². The van der Waals surface area contributed by atoms with E-state index >= 15 is 0 Å². The summed E-state index contributed by atoms with van der Waals surface area (Å²) in [5.74, 6) is 0.412. The summed E-state index contributed by atoms with van der Waals surface area (Å²) in [7, 11) is 1.63. The molecule has 1 aliphatic rings. The number of methoxy groups -OCH3 is 1. The molecule has 5 nitrogen and oxygen atoms in total. The molecule has 192 valence electrons. The summed E-state index contributed by atoms with van der Waals surface area (Å²) < 4.78 is 11.7. The fourth-order valence-electron chi connectivity index (χ4n) is 5.13. The second kappa shape index (κ2) is 9.96. The Balaban J connectivity index is 2.16. The van der Waals surface area contributed by atoms with Crippen molar-refractivity contribution in [1.82, 2.24) is 4.90 Å². The van der Waals surface area contributed by atoms with Crippen LogP contribution in [0.4, 0.5) is 0 Å². The van der Waals surface area contributed by atoms with Crippen LogP contribution >= 0.6 is 11.3 Å². The molecule has 0 N–H and O–H groups in total. The van der Waals surface area contributed by atoms with Crippen LogP contribution in [0.3, 0.4) is 0 Å². The van der Waals surface area contributed by atoms with Gasteiger partial charge in [0.1, 0.15) is 16.9 Å². The van der Waals surface area contributed by atoms with Crippen LogP contribution in [0.25, 0.3) is 0 Å². The Morgan fingerprint density at radius 1 is 1.14 bits per heavy atom. The molecular formula is C29H41NO4S. The highest BCUT2D eigenvalue weighted by Gasteiger charge is 2.56. The van der Waals surface area contributed by atoms with Crippen LogP contribution in [-0.4, -0.2) is 35.0 Å². The lowest BCUT2D eigenvalue weighted by atomic mass is 9.84. The third-order valence-electron chi connectivity index (χ3n) is 6.48. The third-order valence-corrected chi connectivity index (χ3v) is 7.45. The van der Waals surface area contributed by atoms with E-state index in [1.165, 1.54) is 0 Å². The van der Waals surface area contributed by atoms with Gasteiger partial charge in [-0.15, -0.1) is 11.3 Å². The number of esters is 1. The molecule has 0 radical (unpaired) electrons. The zero-order valence-electron chi connectivity index (χ0n) is 22.7. The van der Waals surface area contributed by atoms with Gasteiger partial charge in [-0.2, -0.15) is 0 Å². The summed E-state index contributed by atoms with van der Waals surface area (Å²) >= 11 is 1.62. The van der Waals surface area contributed by atoms with E-state index in [1.807, 2.05) is 55.3 Å². The van der Waals surface area contributed by atoms with Crippen molar-refractivity contribution in [2.24, 2.45) is 5.92 Å². The maximum absolute atomic E-state index is 14.3. The first-order chi connectivity index (χ1) is 16.2. The zero-order chi connectivity index (χ0) is 26.2. The average Bonchev–Trinajstić information content (AvgIpc) is 3.39. The Morgan fingerprint density at radius 3 is 2.34 bits per heavy atom. The Kier molecular flexibility index (Phi) is 7.76. The average molecular weight is 500 g/mol. The van der Waals surface area contributed by atoms with Gasteiger partial charge in [-0.25, -0.2) is 4.79 Å². The Hall–Kier alpha value is -2.34. The van der Waals surface area contributed by atoms with Crippen LogP contribution < -0.4 is 4.74 Å². The van der Waals surface area contributed by atoms with E-state index in [-0.39, 0.29) is 29.3 Å². The molecule has 0 spiro atoms. The van der Waals surface area contributed by atoms with E-state index in [0.29, 0.717) is 24.2 Å². The lowest BCUT2D eigenvalue weighted by Crippen LogP contribution is -2.56. The van der Waals surface area contributed by atoms with Crippen molar-refractivity contribution in [2.75, 3.05) is 7.11 Å². The predicted molar refractivity (Wildman–Crippen MR) is 142 cm³/mol. The summed E-state index contributed by atoms with van der Waals surface area (Å²) in [5.41, 5.74) is -0.237. The molecule has 0 bridgehead atoms. The molecule has 0 saturated carbocycles. The van der Waals surface area contributed by atoms with Crippen LogP contribution in [0.2, 0.25) is 0 Å². The smallest absolute Gasteiger partial charge is 0.332 e. The van der Waals surface area contributed by atoms with E-state index in [0.717, 1.165) is 16.9 Å². The Labute approximate surface area is 214 Å². The number of nitrogens with zero attached hydrogens (tertiary/aromatic N) is 1. The lowest BCUT2D eigenvalue weighted by Gasteiger charge is -2.41. The summed E-state index contributed by atoms with van der Waals surface area (Å²) in [5, 5.41) is 2.02. The van der Waals surface area contributed by atoms with Gasteiger partial charge >= 0.3 is 5.97 Å². The number of carbonyl (C=O) groups excluding carboxylic acids is 2. The van der Waals surface area contributed by atoms with Crippen LogP contribution in [0.5, 0.6) is 5.75 Å². The van der Waals surface area contributed by atoms with Crippen molar-refractivity contribution in [3.8, 4) is 5.75 Å². The van der Waals surface area contributed by atoms with Gasteiger partial charge in [0, 0.05) is 10.4 Å². The monoisotopic (exact) mass is 499 g/mol. The molecular weight excluding hydrogens is 458 g/mol. The van der Waals surface area contributed by atoms with Crippen LogP contribution in [-0.2, 0) is 14.9 Å². The third kappa shape index (κ3) is 5.74. The van der Waals surface area contributed by atoms with Crippen LogP contribution in [0, 0.1) is 5.92 Å². The first-order valence-electron chi connectivity index (χ1n) is 12.5. The highest BCUT2D eigenvalue weighted by atomic mass is 32.1. The van der Waals surface area contributed by atoms with Crippen molar-refractivity contribution >= 4 is 23.2 Å². The quantitative estimate of drug-likeness (QED) is 0.396.